The number of rotatable bonds is 19. The van der Waals surface area contributed by atoms with Gasteiger partial charge in [0.1, 0.15) is 0 Å². The van der Waals surface area contributed by atoms with E-state index in [9.17, 15) is 0 Å². The zero-order chi connectivity index (χ0) is 48.9. The number of nitrogens with zero attached hydrogens (tertiary/aromatic N) is 2. The Balaban J connectivity index is 1.33. The van der Waals surface area contributed by atoms with E-state index in [1.54, 1.807) is 0 Å². The fraction of sp³-hybridized carbons (Fsp3) is 0.224. The third-order valence-electron chi connectivity index (χ3n) is 13.8. The Hall–Kier alpha value is -7.16. The Labute approximate surface area is 414 Å². The van der Waals surface area contributed by atoms with E-state index in [2.05, 4.69) is 272 Å². The average molecular weight is 905 g/mol. The maximum atomic E-state index is 4.53. The standard InChI is InChI=1S/C67H72N2/c1-11-16-18-28-46-67(54-32-20-19-21-33-54)63(15-5)62(61-38-24-26-39-64(61)67)48-51(9)68(57(30-13-3)47-50(8)59-36-23-22-35-58(59)49(6)7)55(14-4)34-29-31-53-42-44-56(45-43-53)69-65(40-17-12-2)52(10)60-37-25-27-41-66(60)69/h11,13-21,23-30,32-34,36-45,47-49H,3,5,12,22,31,35,46H2,1-2,4,6-10H3/b16-11-,28-18-,34-29-,40-17-,50-47+,51-48+,55-14+,57-30+. The largest absolute Gasteiger partial charge is 0.315 e. The van der Waals surface area contributed by atoms with Crippen LogP contribution in [0.3, 0.4) is 0 Å². The number of allylic oxidation sites excluding steroid dienone is 21. The quantitative estimate of drug-likeness (QED) is 0.0750. The number of hydrogen-bond donors (Lipinski definition) is 0. The Morgan fingerprint density at radius 1 is 0.841 bits per heavy atom. The van der Waals surface area contributed by atoms with Gasteiger partial charge in [0.2, 0.25) is 0 Å². The number of fused-ring (bicyclic) bond motifs is 2. The highest BCUT2D eigenvalue weighted by molar-refractivity contribution is 5.91. The van der Waals surface area contributed by atoms with Crippen molar-refractivity contribution < 1.29 is 0 Å². The molecular formula is C67H72N2. The molecule has 4 aromatic carbocycles. The topological polar surface area (TPSA) is 8.17 Å². The summed E-state index contributed by atoms with van der Waals surface area (Å²) in [5.41, 5.74) is 19.2. The fourth-order valence-corrected chi connectivity index (χ4v) is 10.5. The first-order valence-corrected chi connectivity index (χ1v) is 25.0. The number of aryl methyl sites for hydroxylation is 1. The minimum absolute atomic E-state index is 0.419. The first-order chi connectivity index (χ1) is 33.6. The smallest absolute Gasteiger partial charge is 0.0537 e. The van der Waals surface area contributed by atoms with Crippen LogP contribution in [0.25, 0.3) is 28.2 Å². The molecule has 0 bridgehead atoms. The van der Waals surface area contributed by atoms with Crippen LogP contribution in [0, 0.1) is 12.8 Å². The van der Waals surface area contributed by atoms with Gasteiger partial charge in [-0.2, -0.15) is 0 Å². The predicted octanol–water partition coefficient (Wildman–Crippen LogP) is 18.4. The van der Waals surface area contributed by atoms with Crippen LogP contribution in [0.1, 0.15) is 108 Å². The highest BCUT2D eigenvalue weighted by atomic mass is 15.2. The lowest BCUT2D eigenvalue weighted by Gasteiger charge is -2.33. The molecule has 0 N–H and O–H groups in total. The molecule has 0 fully saturated rings. The molecule has 2 aliphatic rings. The maximum absolute atomic E-state index is 4.53. The van der Waals surface area contributed by atoms with Crippen LogP contribution in [0.2, 0.25) is 0 Å². The summed E-state index contributed by atoms with van der Waals surface area (Å²) in [4.78, 5) is 2.41. The van der Waals surface area contributed by atoms with Crippen molar-refractivity contribution in [3.05, 3.63) is 280 Å². The van der Waals surface area contributed by atoms with E-state index in [1.807, 2.05) is 6.08 Å². The second-order valence-corrected chi connectivity index (χ2v) is 18.5. The van der Waals surface area contributed by atoms with E-state index in [0.717, 1.165) is 49.2 Å². The number of benzene rings is 4. The molecule has 0 saturated heterocycles. The number of hydrogen-bond acceptors (Lipinski definition) is 1. The first-order valence-electron chi connectivity index (χ1n) is 25.0. The molecule has 5 aromatic rings. The van der Waals surface area contributed by atoms with Crippen molar-refractivity contribution in [3.63, 3.8) is 0 Å². The maximum Gasteiger partial charge on any atom is 0.0537 e. The molecule has 1 aromatic heterocycles. The highest BCUT2D eigenvalue weighted by Crippen LogP contribution is 2.54. The Bertz CT molecular complexity index is 3010. The monoisotopic (exact) mass is 905 g/mol. The second-order valence-electron chi connectivity index (χ2n) is 18.5. The molecule has 0 amide bonds. The number of aromatic nitrogens is 1. The van der Waals surface area contributed by atoms with E-state index >= 15 is 0 Å². The zero-order valence-electron chi connectivity index (χ0n) is 42.5. The molecule has 0 spiro atoms. The van der Waals surface area contributed by atoms with Gasteiger partial charge < -0.3 is 9.47 Å². The summed E-state index contributed by atoms with van der Waals surface area (Å²) in [5, 5.41) is 1.29. The van der Waals surface area contributed by atoms with Crippen molar-refractivity contribution >= 4 is 22.6 Å². The lowest BCUT2D eigenvalue weighted by atomic mass is 9.69. The first kappa shape index (κ1) is 49.7. The third-order valence-corrected chi connectivity index (χ3v) is 13.8. The minimum atomic E-state index is -0.419. The normalized spacial score (nSPS) is 17.3. The van der Waals surface area contributed by atoms with Crippen LogP contribution in [-0.2, 0) is 11.8 Å². The van der Waals surface area contributed by atoms with Gasteiger partial charge in [-0.3, -0.25) is 0 Å². The Morgan fingerprint density at radius 2 is 1.58 bits per heavy atom. The molecule has 69 heavy (non-hydrogen) atoms. The third kappa shape index (κ3) is 10.5. The van der Waals surface area contributed by atoms with Crippen molar-refractivity contribution in [3.8, 4) is 5.69 Å². The summed E-state index contributed by atoms with van der Waals surface area (Å²) in [6.45, 7) is 26.6. The van der Waals surface area contributed by atoms with E-state index in [4.69, 9.17) is 0 Å². The van der Waals surface area contributed by atoms with Crippen LogP contribution in [0.5, 0.6) is 0 Å². The second kappa shape index (κ2) is 23.2. The zero-order valence-corrected chi connectivity index (χ0v) is 42.5. The van der Waals surface area contributed by atoms with Crippen LogP contribution in [0.4, 0.5) is 0 Å². The molecule has 1 heterocycles. The highest BCUT2D eigenvalue weighted by Gasteiger charge is 2.44. The van der Waals surface area contributed by atoms with Crippen molar-refractivity contribution in [2.24, 2.45) is 5.92 Å². The molecule has 2 heteroatoms. The van der Waals surface area contributed by atoms with Gasteiger partial charge in [-0.1, -0.05) is 191 Å². The van der Waals surface area contributed by atoms with Gasteiger partial charge in [0.05, 0.1) is 5.52 Å². The summed E-state index contributed by atoms with van der Waals surface area (Å²) < 4.78 is 2.40. The SMILES string of the molecule is C=C/C=C(\C=C(/C)C1=C(C(C)C)CCC=C1)N(/C(C)=C/C1=C(C=C)C(C/C=C\C=C/C)(c2ccccc2)c2ccccc21)C(/C=C\Cc1ccc(-n2c(/C=C\CC)c(C)c3ccccc32)cc1)=C/C. The van der Waals surface area contributed by atoms with Crippen LogP contribution >= 0.6 is 0 Å². The van der Waals surface area contributed by atoms with Gasteiger partial charge in [-0.25, -0.2) is 0 Å². The van der Waals surface area contributed by atoms with Crippen molar-refractivity contribution in [2.45, 2.75) is 92.9 Å². The molecule has 1 unspecified atom stereocenters. The Morgan fingerprint density at radius 3 is 2.29 bits per heavy atom. The van der Waals surface area contributed by atoms with Gasteiger partial charge in [0, 0.05) is 39.3 Å². The van der Waals surface area contributed by atoms with Crippen LogP contribution in [0.15, 0.2) is 247 Å². The van der Waals surface area contributed by atoms with E-state index in [0.29, 0.717) is 5.92 Å². The summed E-state index contributed by atoms with van der Waals surface area (Å²) in [6.07, 6.45) is 40.3. The predicted molar refractivity (Wildman–Crippen MR) is 301 cm³/mol. The molecule has 2 aliphatic carbocycles. The minimum Gasteiger partial charge on any atom is -0.315 e. The molecule has 0 radical (unpaired) electrons. The van der Waals surface area contributed by atoms with Gasteiger partial charge in [0.15, 0.2) is 0 Å². The summed E-state index contributed by atoms with van der Waals surface area (Å²) in [7, 11) is 0. The molecule has 2 nitrogen and oxygen atoms in total. The molecule has 1 atom stereocenters. The molecule has 0 aliphatic heterocycles. The number of para-hydroxylation sites is 1. The van der Waals surface area contributed by atoms with Crippen molar-refractivity contribution in [1.82, 2.24) is 9.47 Å². The van der Waals surface area contributed by atoms with Gasteiger partial charge in [-0.15, -0.1) is 0 Å². The van der Waals surface area contributed by atoms with Crippen molar-refractivity contribution in [2.75, 3.05) is 0 Å². The van der Waals surface area contributed by atoms with Crippen LogP contribution < -0.4 is 0 Å². The van der Waals surface area contributed by atoms with E-state index in [1.165, 1.54) is 78.0 Å². The molecular weight excluding hydrogens is 833 g/mol. The van der Waals surface area contributed by atoms with Crippen LogP contribution in [-0.4, -0.2) is 9.47 Å². The fourth-order valence-electron chi connectivity index (χ4n) is 10.5. The summed E-state index contributed by atoms with van der Waals surface area (Å²) >= 11 is 0. The summed E-state index contributed by atoms with van der Waals surface area (Å²) in [5.74, 6) is 0.470. The molecule has 350 valence electrons. The molecule has 7 rings (SSSR count). The van der Waals surface area contributed by atoms with Crippen molar-refractivity contribution in [1.29, 1.82) is 0 Å². The molecule has 0 saturated carbocycles. The lowest BCUT2D eigenvalue weighted by molar-refractivity contribution is 0.559. The lowest BCUT2D eigenvalue weighted by Crippen LogP contribution is -2.27. The van der Waals surface area contributed by atoms with E-state index < -0.39 is 5.41 Å². The van der Waals surface area contributed by atoms with Gasteiger partial charge >= 0.3 is 0 Å². The average Bonchev–Trinajstić information content (AvgIpc) is 3.81. The van der Waals surface area contributed by atoms with Gasteiger partial charge in [0.25, 0.3) is 0 Å². The van der Waals surface area contributed by atoms with Gasteiger partial charge in [-0.05, 0) is 171 Å². The van der Waals surface area contributed by atoms with E-state index in [-0.39, 0.29) is 0 Å². The summed E-state index contributed by atoms with van der Waals surface area (Å²) in [6, 6.07) is 37.7. The Kier molecular flexibility index (Phi) is 16.7.